The SMILES string of the molecule is Cc1nnc(Nc2ncnc3scc(-c4ccc(C(C)C)cc4)c23)s1. The van der Waals surface area contributed by atoms with Crippen LogP contribution in [0.3, 0.4) is 0 Å². The highest BCUT2D eigenvalue weighted by atomic mass is 32.1. The number of hydrogen-bond acceptors (Lipinski definition) is 7. The van der Waals surface area contributed by atoms with E-state index >= 15 is 0 Å². The lowest BCUT2D eigenvalue weighted by Gasteiger charge is -2.08. The Balaban J connectivity index is 1.79. The van der Waals surface area contributed by atoms with Crippen LogP contribution in [0.25, 0.3) is 21.3 Å². The smallest absolute Gasteiger partial charge is 0.211 e. The first kappa shape index (κ1) is 16.1. The van der Waals surface area contributed by atoms with Crippen LogP contribution in [0.15, 0.2) is 36.0 Å². The van der Waals surface area contributed by atoms with Crippen molar-refractivity contribution in [3.8, 4) is 11.1 Å². The largest absolute Gasteiger partial charge is 0.314 e. The van der Waals surface area contributed by atoms with Crippen molar-refractivity contribution in [3.63, 3.8) is 0 Å². The summed E-state index contributed by atoms with van der Waals surface area (Å²) in [4.78, 5) is 9.81. The third kappa shape index (κ3) is 3.12. The van der Waals surface area contributed by atoms with Gasteiger partial charge in [0, 0.05) is 10.9 Å². The molecule has 25 heavy (non-hydrogen) atoms. The van der Waals surface area contributed by atoms with Gasteiger partial charge >= 0.3 is 0 Å². The van der Waals surface area contributed by atoms with Crippen LogP contribution in [-0.4, -0.2) is 20.2 Å². The first-order valence-electron chi connectivity index (χ1n) is 8.01. The Hall–Kier alpha value is -2.38. The topological polar surface area (TPSA) is 63.6 Å². The zero-order valence-corrected chi connectivity index (χ0v) is 15.8. The summed E-state index contributed by atoms with van der Waals surface area (Å²) in [6.45, 7) is 6.34. The van der Waals surface area contributed by atoms with Gasteiger partial charge in [0.1, 0.15) is 22.0 Å². The van der Waals surface area contributed by atoms with Crippen LogP contribution in [0, 0.1) is 6.92 Å². The Labute approximate surface area is 153 Å². The molecule has 0 amide bonds. The molecule has 7 heteroatoms. The second-order valence-corrected chi connectivity index (χ2v) is 8.12. The summed E-state index contributed by atoms with van der Waals surface area (Å²) in [6, 6.07) is 8.72. The predicted molar refractivity (Wildman–Crippen MR) is 105 cm³/mol. The van der Waals surface area contributed by atoms with Gasteiger partial charge in [-0.1, -0.05) is 49.4 Å². The Bertz CT molecular complexity index is 1020. The van der Waals surface area contributed by atoms with Crippen molar-refractivity contribution < 1.29 is 0 Å². The van der Waals surface area contributed by atoms with Gasteiger partial charge < -0.3 is 5.32 Å². The number of thiophene rings is 1. The van der Waals surface area contributed by atoms with E-state index in [2.05, 4.69) is 69.0 Å². The maximum absolute atomic E-state index is 4.44. The second-order valence-electron chi connectivity index (χ2n) is 6.08. The number of benzene rings is 1. The fraction of sp³-hybridized carbons (Fsp3) is 0.222. The fourth-order valence-corrected chi connectivity index (χ4v) is 4.19. The fourth-order valence-electron chi connectivity index (χ4n) is 2.68. The van der Waals surface area contributed by atoms with Gasteiger partial charge in [-0.05, 0) is 24.0 Å². The lowest BCUT2D eigenvalue weighted by Crippen LogP contribution is -1.95. The van der Waals surface area contributed by atoms with Crippen LogP contribution >= 0.6 is 22.7 Å². The van der Waals surface area contributed by atoms with Gasteiger partial charge in [0.05, 0.1) is 5.39 Å². The number of rotatable bonds is 4. The van der Waals surface area contributed by atoms with E-state index in [4.69, 9.17) is 0 Å². The predicted octanol–water partition coefficient (Wildman–Crippen LogP) is 5.39. The number of nitrogens with zero attached hydrogens (tertiary/aromatic N) is 4. The summed E-state index contributed by atoms with van der Waals surface area (Å²) >= 11 is 3.14. The van der Waals surface area contributed by atoms with Gasteiger partial charge in [-0.15, -0.1) is 21.5 Å². The van der Waals surface area contributed by atoms with E-state index in [9.17, 15) is 0 Å². The van der Waals surface area contributed by atoms with Crippen molar-refractivity contribution in [2.24, 2.45) is 0 Å². The van der Waals surface area contributed by atoms with E-state index in [-0.39, 0.29) is 0 Å². The van der Waals surface area contributed by atoms with Crippen molar-refractivity contribution in [2.75, 3.05) is 5.32 Å². The van der Waals surface area contributed by atoms with Crippen molar-refractivity contribution in [1.82, 2.24) is 20.2 Å². The summed E-state index contributed by atoms with van der Waals surface area (Å²) in [5.41, 5.74) is 3.64. The normalized spacial score (nSPS) is 11.4. The Kier molecular flexibility index (Phi) is 4.19. The number of fused-ring (bicyclic) bond motifs is 1. The zero-order valence-electron chi connectivity index (χ0n) is 14.1. The highest BCUT2D eigenvalue weighted by Gasteiger charge is 2.14. The van der Waals surface area contributed by atoms with Crippen LogP contribution in [0.2, 0.25) is 0 Å². The van der Waals surface area contributed by atoms with Crippen LogP contribution in [-0.2, 0) is 0 Å². The third-order valence-corrected chi connectivity index (χ3v) is 5.65. The summed E-state index contributed by atoms with van der Waals surface area (Å²) in [5.74, 6) is 1.29. The minimum atomic E-state index is 0.523. The molecule has 0 aliphatic rings. The van der Waals surface area contributed by atoms with E-state index in [1.54, 1.807) is 17.7 Å². The molecule has 0 unspecified atom stereocenters. The third-order valence-electron chi connectivity index (χ3n) is 4.01. The molecule has 0 aliphatic carbocycles. The van der Waals surface area contributed by atoms with Gasteiger partial charge in [0.2, 0.25) is 5.13 Å². The molecule has 0 bridgehead atoms. The van der Waals surface area contributed by atoms with Crippen LogP contribution in [0.1, 0.15) is 30.3 Å². The van der Waals surface area contributed by atoms with Gasteiger partial charge in [0.25, 0.3) is 0 Å². The maximum atomic E-state index is 4.44. The Morgan fingerprint density at radius 1 is 1.04 bits per heavy atom. The minimum Gasteiger partial charge on any atom is -0.314 e. The summed E-state index contributed by atoms with van der Waals surface area (Å²) in [6.07, 6.45) is 1.58. The molecule has 3 heterocycles. The number of nitrogens with one attached hydrogen (secondary N) is 1. The molecular formula is C18H17N5S2. The molecule has 5 nitrogen and oxygen atoms in total. The van der Waals surface area contributed by atoms with E-state index in [0.717, 1.165) is 31.7 Å². The number of aryl methyl sites for hydroxylation is 1. The molecular weight excluding hydrogens is 350 g/mol. The highest BCUT2D eigenvalue weighted by molar-refractivity contribution is 7.17. The summed E-state index contributed by atoms with van der Waals surface area (Å²) in [7, 11) is 0. The van der Waals surface area contributed by atoms with Crippen molar-refractivity contribution in [1.29, 1.82) is 0 Å². The van der Waals surface area contributed by atoms with E-state index in [0.29, 0.717) is 5.92 Å². The van der Waals surface area contributed by atoms with Gasteiger partial charge in [0.15, 0.2) is 0 Å². The molecule has 3 aromatic heterocycles. The van der Waals surface area contributed by atoms with Crippen molar-refractivity contribution in [3.05, 3.63) is 46.5 Å². The van der Waals surface area contributed by atoms with Crippen molar-refractivity contribution >= 4 is 43.8 Å². The standard InChI is InChI=1S/C18H17N5S2/c1-10(2)12-4-6-13(7-5-12)14-8-24-17-15(14)16(19-9-20-17)21-18-23-22-11(3)25-18/h4-10H,1-3H3,(H,19,20,21,23). The first-order chi connectivity index (χ1) is 12.1. The molecule has 0 saturated heterocycles. The van der Waals surface area contributed by atoms with Gasteiger partial charge in [-0.3, -0.25) is 0 Å². The molecule has 4 aromatic rings. The molecule has 4 rings (SSSR count). The van der Waals surface area contributed by atoms with E-state index in [1.165, 1.54) is 22.5 Å². The van der Waals surface area contributed by atoms with Crippen molar-refractivity contribution in [2.45, 2.75) is 26.7 Å². The van der Waals surface area contributed by atoms with Gasteiger partial charge in [-0.2, -0.15) is 0 Å². The molecule has 1 N–H and O–H groups in total. The van der Waals surface area contributed by atoms with Crippen LogP contribution in [0.5, 0.6) is 0 Å². The molecule has 0 fully saturated rings. The lowest BCUT2D eigenvalue weighted by molar-refractivity contribution is 0.867. The maximum Gasteiger partial charge on any atom is 0.211 e. The number of aromatic nitrogens is 4. The number of hydrogen-bond donors (Lipinski definition) is 1. The first-order valence-corrected chi connectivity index (χ1v) is 9.71. The molecule has 0 saturated carbocycles. The number of anilines is 2. The lowest BCUT2D eigenvalue weighted by atomic mass is 9.99. The summed E-state index contributed by atoms with van der Waals surface area (Å²) in [5, 5.41) is 16.3. The van der Waals surface area contributed by atoms with Gasteiger partial charge in [-0.25, -0.2) is 9.97 Å². The quantitative estimate of drug-likeness (QED) is 0.524. The van der Waals surface area contributed by atoms with E-state index < -0.39 is 0 Å². The average molecular weight is 368 g/mol. The highest BCUT2D eigenvalue weighted by Crippen LogP contribution is 2.38. The van der Waals surface area contributed by atoms with Crippen LogP contribution < -0.4 is 5.32 Å². The molecule has 126 valence electrons. The van der Waals surface area contributed by atoms with E-state index in [1.807, 2.05) is 6.92 Å². The molecule has 1 aromatic carbocycles. The zero-order chi connectivity index (χ0) is 17.4. The average Bonchev–Trinajstić information content (AvgIpc) is 3.22. The Morgan fingerprint density at radius 2 is 1.84 bits per heavy atom. The second kappa shape index (κ2) is 6.50. The summed E-state index contributed by atoms with van der Waals surface area (Å²) < 4.78 is 0. The molecule has 0 aliphatic heterocycles. The monoisotopic (exact) mass is 367 g/mol. The molecule has 0 atom stereocenters. The molecule has 0 radical (unpaired) electrons. The molecule has 0 spiro atoms. The van der Waals surface area contributed by atoms with Crippen LogP contribution in [0.4, 0.5) is 10.9 Å². The Morgan fingerprint density at radius 3 is 2.52 bits per heavy atom. The minimum absolute atomic E-state index is 0.523.